The summed E-state index contributed by atoms with van der Waals surface area (Å²) in [5, 5.41) is 18.9. The first-order valence-electron chi connectivity index (χ1n) is 8.25. The standard InChI is InChI=1S/C9H7BrO.C9H7Br.CH2O2.H2O4S.H2O2/c10-8-2-1-6-4-9(11)5-7(6)3-8;10-9-5-4-7-2-1-3-8(7)6-9;2-1-3;1-5(2,3)4;1-2/h1-3H,4-5H2;1,3-6H,2H2;1H,(H,2,3);(H2,1,2,3,4);1-2H. The molecule has 12 heteroatoms. The summed E-state index contributed by atoms with van der Waals surface area (Å²) in [6.07, 6.45) is 6.71. The Morgan fingerprint density at radius 3 is 1.87 bits per heavy atom. The van der Waals surface area contributed by atoms with Crippen molar-refractivity contribution in [1.82, 2.24) is 0 Å². The van der Waals surface area contributed by atoms with Crippen molar-refractivity contribution in [3.8, 4) is 0 Å². The van der Waals surface area contributed by atoms with Crippen LogP contribution < -0.4 is 0 Å². The predicted octanol–water partition coefficient (Wildman–Crippen LogP) is 4.20. The van der Waals surface area contributed by atoms with E-state index >= 15 is 0 Å². The molecule has 0 bridgehead atoms. The van der Waals surface area contributed by atoms with Crippen molar-refractivity contribution < 1.29 is 42.7 Å². The average molecular weight is 584 g/mol. The molecule has 0 spiro atoms. The number of hydrogen-bond donors (Lipinski definition) is 5. The summed E-state index contributed by atoms with van der Waals surface area (Å²) in [5.74, 6) is 0.332. The molecule has 0 saturated carbocycles. The first-order valence-corrected chi connectivity index (χ1v) is 11.2. The summed E-state index contributed by atoms with van der Waals surface area (Å²) < 4.78 is 33.8. The number of fused-ring (bicyclic) bond motifs is 2. The SMILES string of the molecule is Brc1ccc2c(c1)C=CC2.O=C1Cc2ccc(Br)cc2C1.O=CO.O=S(=O)(O)O.OO. The van der Waals surface area contributed by atoms with Crippen molar-refractivity contribution >= 4 is 60.6 Å². The molecule has 0 aliphatic heterocycles. The third-order valence-electron chi connectivity index (χ3n) is 3.69. The molecule has 2 aromatic carbocycles. The molecule has 0 radical (unpaired) electrons. The molecule has 0 saturated heterocycles. The van der Waals surface area contributed by atoms with Gasteiger partial charge in [-0.05, 0) is 52.9 Å². The fourth-order valence-electron chi connectivity index (χ4n) is 2.64. The van der Waals surface area contributed by atoms with Crippen LogP contribution >= 0.6 is 31.9 Å². The number of ketones is 1. The lowest BCUT2D eigenvalue weighted by Crippen LogP contribution is -1.92. The normalized spacial score (nSPS) is 12.3. The van der Waals surface area contributed by atoms with Crippen molar-refractivity contribution in [3.05, 3.63) is 73.7 Å². The molecule has 0 unspecified atom stereocenters. The van der Waals surface area contributed by atoms with Crippen LogP contribution in [0.5, 0.6) is 0 Å². The molecule has 170 valence electrons. The van der Waals surface area contributed by atoms with Crippen LogP contribution in [0.2, 0.25) is 0 Å². The number of hydrogen-bond acceptors (Lipinski definition) is 6. The minimum absolute atomic E-state index is 0.250. The minimum atomic E-state index is -4.67. The molecular weight excluding hydrogens is 564 g/mol. The highest BCUT2D eigenvalue weighted by molar-refractivity contribution is 9.10. The van der Waals surface area contributed by atoms with Crippen LogP contribution in [0.3, 0.4) is 0 Å². The van der Waals surface area contributed by atoms with Gasteiger partial charge < -0.3 is 5.11 Å². The third kappa shape index (κ3) is 13.2. The predicted molar refractivity (Wildman–Crippen MR) is 122 cm³/mol. The van der Waals surface area contributed by atoms with E-state index in [0.717, 1.165) is 15.4 Å². The fraction of sp³-hybridized carbons (Fsp3) is 0.158. The topological polar surface area (TPSA) is 169 Å². The maximum absolute atomic E-state index is 11.0. The van der Waals surface area contributed by atoms with Crippen LogP contribution in [0.25, 0.3) is 6.08 Å². The van der Waals surface area contributed by atoms with Gasteiger partial charge >= 0.3 is 10.4 Å². The quantitative estimate of drug-likeness (QED) is 0.132. The molecule has 0 heterocycles. The van der Waals surface area contributed by atoms with E-state index in [1.54, 1.807) is 0 Å². The summed E-state index contributed by atoms with van der Waals surface area (Å²) in [7, 11) is -4.67. The number of carbonyl (C=O) groups is 2. The summed E-state index contributed by atoms with van der Waals surface area (Å²) in [5.41, 5.74) is 5.17. The Bertz CT molecular complexity index is 997. The van der Waals surface area contributed by atoms with E-state index in [2.05, 4.69) is 62.2 Å². The smallest absolute Gasteiger partial charge is 0.394 e. The van der Waals surface area contributed by atoms with Crippen molar-refractivity contribution in [2.24, 2.45) is 0 Å². The van der Waals surface area contributed by atoms with E-state index in [4.69, 9.17) is 37.9 Å². The molecule has 2 aliphatic carbocycles. The van der Waals surface area contributed by atoms with Crippen LogP contribution in [-0.2, 0) is 39.3 Å². The molecule has 9 nitrogen and oxygen atoms in total. The van der Waals surface area contributed by atoms with E-state index < -0.39 is 10.4 Å². The maximum Gasteiger partial charge on any atom is 0.394 e. The minimum Gasteiger partial charge on any atom is -0.483 e. The number of allylic oxidation sites excluding steroid dienone is 1. The Morgan fingerprint density at radius 1 is 0.871 bits per heavy atom. The third-order valence-corrected chi connectivity index (χ3v) is 4.67. The monoisotopic (exact) mass is 582 g/mol. The van der Waals surface area contributed by atoms with Gasteiger partial charge in [0, 0.05) is 21.8 Å². The zero-order valence-corrected chi connectivity index (χ0v) is 19.8. The van der Waals surface area contributed by atoms with Crippen molar-refractivity contribution in [3.63, 3.8) is 0 Å². The van der Waals surface area contributed by atoms with Gasteiger partial charge in [-0.2, -0.15) is 8.42 Å². The van der Waals surface area contributed by atoms with E-state index in [1.807, 2.05) is 18.2 Å². The molecule has 0 atom stereocenters. The van der Waals surface area contributed by atoms with Crippen molar-refractivity contribution in [2.75, 3.05) is 0 Å². The molecule has 0 aromatic heterocycles. The summed E-state index contributed by atoms with van der Waals surface area (Å²) in [6.45, 7) is -0.250. The molecule has 4 rings (SSSR count). The van der Waals surface area contributed by atoms with Gasteiger partial charge in [-0.1, -0.05) is 56.1 Å². The van der Waals surface area contributed by atoms with E-state index in [1.165, 1.54) is 22.3 Å². The Balaban J connectivity index is 0.000000415. The molecule has 5 N–H and O–H groups in total. The van der Waals surface area contributed by atoms with Gasteiger partial charge in [-0.15, -0.1) is 0 Å². The Labute approximate surface area is 195 Å². The highest BCUT2D eigenvalue weighted by atomic mass is 79.9. The average Bonchev–Trinajstić information content (AvgIpc) is 3.27. The highest BCUT2D eigenvalue weighted by Crippen LogP contribution is 2.23. The number of benzene rings is 2. The summed E-state index contributed by atoms with van der Waals surface area (Å²) >= 11 is 6.80. The van der Waals surface area contributed by atoms with Gasteiger partial charge in [0.15, 0.2) is 0 Å². The second kappa shape index (κ2) is 15.0. The zero-order valence-electron chi connectivity index (χ0n) is 15.9. The molecule has 0 amide bonds. The van der Waals surface area contributed by atoms with E-state index in [9.17, 15) is 4.79 Å². The lowest BCUT2D eigenvalue weighted by molar-refractivity contribution is -0.176. The lowest BCUT2D eigenvalue weighted by atomic mass is 10.1. The highest BCUT2D eigenvalue weighted by Gasteiger charge is 2.17. The van der Waals surface area contributed by atoms with Gasteiger partial charge in [0.25, 0.3) is 6.47 Å². The molecule has 31 heavy (non-hydrogen) atoms. The lowest BCUT2D eigenvalue weighted by Gasteiger charge is -1.96. The van der Waals surface area contributed by atoms with Gasteiger partial charge in [0.05, 0.1) is 0 Å². The number of halogens is 2. The van der Waals surface area contributed by atoms with E-state index in [-0.39, 0.29) is 6.47 Å². The first kappa shape index (κ1) is 29.1. The fourth-order valence-corrected chi connectivity index (χ4v) is 3.43. The van der Waals surface area contributed by atoms with Crippen LogP contribution in [-0.4, -0.2) is 45.4 Å². The maximum atomic E-state index is 11.0. The Morgan fingerprint density at radius 2 is 1.32 bits per heavy atom. The molecular formula is C19H20Br2O9S. The van der Waals surface area contributed by atoms with Crippen molar-refractivity contribution in [2.45, 2.75) is 19.3 Å². The molecule has 0 fully saturated rings. The number of rotatable bonds is 0. The van der Waals surface area contributed by atoms with E-state index in [0.29, 0.717) is 18.6 Å². The van der Waals surface area contributed by atoms with Gasteiger partial charge in [-0.25, -0.2) is 0 Å². The molecule has 2 aliphatic rings. The van der Waals surface area contributed by atoms with Crippen LogP contribution in [0.15, 0.2) is 51.4 Å². The second-order valence-corrected chi connectivity index (χ2v) is 8.54. The molecule has 2 aromatic rings. The number of carbonyl (C=O) groups excluding carboxylic acids is 1. The van der Waals surface area contributed by atoms with Gasteiger partial charge in [0.1, 0.15) is 5.78 Å². The second-order valence-electron chi connectivity index (χ2n) is 5.81. The summed E-state index contributed by atoms with van der Waals surface area (Å²) in [4.78, 5) is 19.4. The van der Waals surface area contributed by atoms with Crippen LogP contribution in [0.1, 0.15) is 22.3 Å². The van der Waals surface area contributed by atoms with Crippen LogP contribution in [0.4, 0.5) is 0 Å². The zero-order chi connectivity index (χ0) is 24.0. The summed E-state index contributed by atoms with van der Waals surface area (Å²) in [6, 6.07) is 12.4. The number of Topliss-reactive ketones (excluding diaryl/α,β-unsaturated/α-hetero) is 1. The van der Waals surface area contributed by atoms with Crippen LogP contribution in [0, 0.1) is 0 Å². The number of carboxylic acid groups (broad SMARTS) is 1. The Kier molecular flexibility index (Phi) is 14.0. The Hall–Kier alpha value is -1.93. The largest absolute Gasteiger partial charge is 0.483 e. The van der Waals surface area contributed by atoms with Crippen molar-refractivity contribution in [1.29, 1.82) is 0 Å². The van der Waals surface area contributed by atoms with Gasteiger partial charge in [0.2, 0.25) is 0 Å². The first-order chi connectivity index (χ1) is 14.5. The van der Waals surface area contributed by atoms with Gasteiger partial charge in [-0.3, -0.25) is 29.2 Å².